The van der Waals surface area contributed by atoms with Crippen LogP contribution in [0, 0.1) is 0 Å². The summed E-state index contributed by atoms with van der Waals surface area (Å²) in [6.45, 7) is 23.1. The maximum Gasteiger partial charge on any atom is 0.246 e. The SMILES string of the molecule is CC(C)(C)[Si](C)(C)OCCN(C(=O)c1ccc(C(=O)C(=O)c2ccccc2)cc1)[Si](C)(C)C(C)(C)C. The van der Waals surface area contributed by atoms with Gasteiger partial charge in [-0.3, -0.25) is 14.4 Å². The number of carbonyl (C=O) groups is 3. The van der Waals surface area contributed by atoms with Crippen molar-refractivity contribution in [3.8, 4) is 0 Å². The predicted molar refractivity (Wildman–Crippen MR) is 153 cm³/mol. The van der Waals surface area contributed by atoms with Crippen molar-refractivity contribution in [2.24, 2.45) is 0 Å². The molecule has 0 saturated carbocycles. The maximum atomic E-state index is 13.8. The lowest BCUT2D eigenvalue weighted by atomic mass is 10.0. The highest BCUT2D eigenvalue weighted by molar-refractivity contribution is 6.79. The predicted octanol–water partition coefficient (Wildman–Crippen LogP) is 7.22. The van der Waals surface area contributed by atoms with Crippen LogP contribution in [0.15, 0.2) is 54.6 Å². The molecule has 0 aliphatic heterocycles. The second-order valence-corrected chi connectivity index (χ2v) is 22.4. The van der Waals surface area contributed by atoms with E-state index in [0.29, 0.717) is 24.3 Å². The highest BCUT2D eigenvalue weighted by Crippen LogP contribution is 2.40. The average Bonchev–Trinajstić information content (AvgIpc) is 2.79. The molecule has 2 rings (SSSR count). The molecule has 7 heteroatoms. The van der Waals surface area contributed by atoms with Gasteiger partial charge in [-0.05, 0) is 35.3 Å². The minimum absolute atomic E-state index is 0.0440. The molecule has 0 aliphatic carbocycles. The minimum atomic E-state index is -2.22. The van der Waals surface area contributed by atoms with Crippen LogP contribution in [0.1, 0.15) is 72.6 Å². The molecule has 0 heterocycles. The third-order valence-corrected chi connectivity index (χ3v) is 18.0. The Morgan fingerprint density at radius 3 is 1.58 bits per heavy atom. The van der Waals surface area contributed by atoms with Gasteiger partial charge >= 0.3 is 0 Å². The van der Waals surface area contributed by atoms with E-state index < -0.39 is 28.1 Å². The van der Waals surface area contributed by atoms with Crippen LogP contribution < -0.4 is 0 Å². The summed E-state index contributed by atoms with van der Waals surface area (Å²) in [5.74, 6) is -1.20. The fourth-order valence-electron chi connectivity index (χ4n) is 3.42. The van der Waals surface area contributed by atoms with Crippen LogP contribution in [-0.4, -0.2) is 51.7 Å². The quantitative estimate of drug-likeness (QED) is 0.197. The van der Waals surface area contributed by atoms with Gasteiger partial charge < -0.3 is 8.99 Å². The van der Waals surface area contributed by atoms with Gasteiger partial charge in [0.2, 0.25) is 17.5 Å². The van der Waals surface area contributed by atoms with E-state index in [1.807, 2.05) is 4.57 Å². The number of hydrogen-bond donors (Lipinski definition) is 0. The number of amides is 1. The first-order chi connectivity index (χ1) is 16.4. The van der Waals surface area contributed by atoms with Gasteiger partial charge in [-0.15, -0.1) is 0 Å². The summed E-state index contributed by atoms with van der Waals surface area (Å²) in [6, 6.07) is 15.0. The molecule has 1 amide bonds. The minimum Gasteiger partial charge on any atom is -0.415 e. The highest BCUT2D eigenvalue weighted by atomic mass is 28.4. The summed E-state index contributed by atoms with van der Waals surface area (Å²) in [6.07, 6.45) is 0. The molecule has 0 radical (unpaired) electrons. The lowest BCUT2D eigenvalue weighted by molar-refractivity contribution is 0.0816. The van der Waals surface area contributed by atoms with Crippen LogP contribution >= 0.6 is 0 Å². The van der Waals surface area contributed by atoms with Crippen LogP contribution in [0.3, 0.4) is 0 Å². The zero-order chi connectivity index (χ0) is 27.5. The van der Waals surface area contributed by atoms with Gasteiger partial charge in [0.25, 0.3) is 0 Å². The van der Waals surface area contributed by atoms with E-state index in [9.17, 15) is 14.4 Å². The van der Waals surface area contributed by atoms with Crippen molar-refractivity contribution < 1.29 is 18.8 Å². The Balaban J connectivity index is 2.28. The van der Waals surface area contributed by atoms with Crippen LogP contribution in [0.25, 0.3) is 0 Å². The van der Waals surface area contributed by atoms with Crippen molar-refractivity contribution >= 4 is 34.0 Å². The topological polar surface area (TPSA) is 63.7 Å². The van der Waals surface area contributed by atoms with E-state index in [1.165, 1.54) is 0 Å². The molecule has 2 aromatic rings. The molecule has 0 unspecified atom stereocenters. The smallest absolute Gasteiger partial charge is 0.246 e. The fourth-order valence-corrected chi connectivity index (χ4v) is 6.55. The zero-order valence-electron chi connectivity index (χ0n) is 23.7. The van der Waals surface area contributed by atoms with Gasteiger partial charge in [0, 0.05) is 23.2 Å². The Morgan fingerprint density at radius 2 is 1.14 bits per heavy atom. The second kappa shape index (κ2) is 10.9. The van der Waals surface area contributed by atoms with Gasteiger partial charge in [-0.2, -0.15) is 0 Å². The van der Waals surface area contributed by atoms with Crippen molar-refractivity contribution in [2.75, 3.05) is 13.2 Å². The summed E-state index contributed by atoms with van der Waals surface area (Å²) in [7, 11) is -4.16. The largest absolute Gasteiger partial charge is 0.415 e. The first-order valence-corrected chi connectivity index (χ1v) is 18.5. The molecular formula is C29H43NO4Si2. The van der Waals surface area contributed by atoms with E-state index in [0.717, 1.165) is 0 Å². The maximum absolute atomic E-state index is 13.8. The third kappa shape index (κ3) is 6.69. The number of rotatable bonds is 9. The Kier molecular flexibility index (Phi) is 9.08. The molecule has 5 nitrogen and oxygen atoms in total. The van der Waals surface area contributed by atoms with Gasteiger partial charge in [0.1, 0.15) is 0 Å². The van der Waals surface area contributed by atoms with Crippen LogP contribution in [0.5, 0.6) is 0 Å². The van der Waals surface area contributed by atoms with E-state index >= 15 is 0 Å². The van der Waals surface area contributed by atoms with Crippen molar-refractivity contribution in [3.05, 3.63) is 71.3 Å². The van der Waals surface area contributed by atoms with Crippen molar-refractivity contribution in [3.63, 3.8) is 0 Å². The average molecular weight is 526 g/mol. The molecule has 36 heavy (non-hydrogen) atoms. The summed E-state index contributed by atoms with van der Waals surface area (Å²) in [5, 5.41) is 0.0516. The van der Waals surface area contributed by atoms with Crippen LogP contribution in [0.4, 0.5) is 0 Å². The molecule has 2 aromatic carbocycles. The molecule has 0 N–H and O–H groups in total. The molecular weight excluding hydrogens is 482 g/mol. The molecule has 0 fully saturated rings. The standard InChI is InChI=1S/C29H43NO4Si2/c1-28(2,3)35(7,8)30(20-21-34-36(9,10)29(4,5)6)27(33)24-18-16-23(17-19-24)26(32)25(31)22-14-12-11-13-15-22/h11-19H,20-21H2,1-10H3. The third-order valence-electron chi connectivity index (χ3n) is 7.98. The van der Waals surface area contributed by atoms with Gasteiger partial charge in [-0.1, -0.05) is 97.1 Å². The molecule has 196 valence electrons. The highest BCUT2D eigenvalue weighted by Gasteiger charge is 2.44. The molecule has 0 saturated heterocycles. The van der Waals surface area contributed by atoms with Gasteiger partial charge in [0.15, 0.2) is 16.6 Å². The van der Waals surface area contributed by atoms with Crippen LogP contribution in [-0.2, 0) is 4.43 Å². The number of nitrogens with zero attached hydrogens (tertiary/aromatic N) is 1. The van der Waals surface area contributed by atoms with Crippen molar-refractivity contribution in [1.82, 2.24) is 4.57 Å². The lowest BCUT2D eigenvalue weighted by Gasteiger charge is -2.46. The lowest BCUT2D eigenvalue weighted by Crippen LogP contribution is -2.58. The summed E-state index contributed by atoms with van der Waals surface area (Å²) in [4.78, 5) is 39.1. The van der Waals surface area contributed by atoms with Gasteiger partial charge in [-0.25, -0.2) is 0 Å². The second-order valence-electron chi connectivity index (χ2n) is 12.5. The number of ketones is 2. The molecule has 0 aromatic heterocycles. The Bertz CT molecular complexity index is 1080. The number of benzene rings is 2. The van der Waals surface area contributed by atoms with Gasteiger partial charge in [0.05, 0.1) is 6.61 Å². The molecule has 0 atom stereocenters. The van der Waals surface area contributed by atoms with Crippen molar-refractivity contribution in [1.29, 1.82) is 0 Å². The van der Waals surface area contributed by atoms with E-state index in [4.69, 9.17) is 4.43 Å². The zero-order valence-corrected chi connectivity index (χ0v) is 25.7. The molecule has 0 bridgehead atoms. The normalized spacial score (nSPS) is 12.8. The Labute approximate surface area is 219 Å². The van der Waals surface area contributed by atoms with E-state index in [2.05, 4.69) is 67.7 Å². The monoisotopic (exact) mass is 525 g/mol. The summed E-state index contributed by atoms with van der Waals surface area (Å²) >= 11 is 0. The first-order valence-electron chi connectivity index (χ1n) is 12.6. The Morgan fingerprint density at radius 1 is 0.694 bits per heavy atom. The fraction of sp³-hybridized carbons (Fsp3) is 0.483. The molecule has 0 spiro atoms. The van der Waals surface area contributed by atoms with E-state index in [1.54, 1.807) is 54.6 Å². The number of Topliss-reactive ketones (excluding diaryl/α,β-unsaturated/α-hetero) is 2. The number of hydrogen-bond acceptors (Lipinski definition) is 4. The molecule has 0 aliphatic rings. The van der Waals surface area contributed by atoms with Crippen LogP contribution in [0.2, 0.25) is 36.3 Å². The summed E-state index contributed by atoms with van der Waals surface area (Å²) < 4.78 is 8.44. The van der Waals surface area contributed by atoms with E-state index in [-0.39, 0.29) is 21.5 Å². The number of carbonyl (C=O) groups excluding carboxylic acids is 3. The Hall–Kier alpha value is -2.36. The van der Waals surface area contributed by atoms with Crippen molar-refractivity contribution in [2.45, 2.75) is 77.8 Å². The first kappa shape index (κ1) is 29.9. The summed E-state index contributed by atoms with van der Waals surface area (Å²) in [5.41, 5.74) is 1.14.